The lowest BCUT2D eigenvalue weighted by Crippen LogP contribution is -1.85. The van der Waals surface area contributed by atoms with E-state index in [9.17, 15) is 5.11 Å². The molecular weight excluding hydrogens is 118 g/mol. The predicted molar refractivity (Wildman–Crippen MR) is 30.3 cm³/mol. The highest BCUT2D eigenvalue weighted by atomic mass is 16.3. The molecule has 0 aliphatic rings. The first kappa shape index (κ1) is 6.04. The quantitative estimate of drug-likeness (QED) is 0.599. The summed E-state index contributed by atoms with van der Waals surface area (Å²) in [5.41, 5.74) is 0.419. The molecule has 1 N–H and O–H groups in total. The Labute approximate surface area is 52.6 Å². The van der Waals surface area contributed by atoms with Gasteiger partial charge in [0.2, 0.25) is 0 Å². The van der Waals surface area contributed by atoms with Crippen molar-refractivity contribution in [2.45, 2.75) is 6.61 Å². The lowest BCUT2D eigenvalue weighted by atomic mass is 10.4. The van der Waals surface area contributed by atoms with Crippen LogP contribution < -0.4 is 0 Å². The minimum atomic E-state index is -0.304. The summed E-state index contributed by atoms with van der Waals surface area (Å²) in [6, 6.07) is 4.52. The van der Waals surface area contributed by atoms with Crippen LogP contribution in [0, 0.1) is 0 Å². The molecular formula is C6H6NO2. The van der Waals surface area contributed by atoms with E-state index in [4.69, 9.17) is 5.11 Å². The van der Waals surface area contributed by atoms with Crippen molar-refractivity contribution in [3.63, 3.8) is 0 Å². The van der Waals surface area contributed by atoms with E-state index < -0.39 is 0 Å². The van der Waals surface area contributed by atoms with Crippen molar-refractivity contribution in [2.24, 2.45) is 0 Å². The summed E-state index contributed by atoms with van der Waals surface area (Å²) in [4.78, 5) is 3.49. The van der Waals surface area contributed by atoms with E-state index in [1.54, 1.807) is 12.1 Å². The van der Waals surface area contributed by atoms with Gasteiger partial charge in [-0.3, -0.25) is 5.11 Å². The van der Waals surface area contributed by atoms with Crippen molar-refractivity contribution in [1.82, 2.24) is 4.98 Å². The highest BCUT2D eigenvalue weighted by Gasteiger charge is 1.92. The van der Waals surface area contributed by atoms with Crippen LogP contribution in [0.1, 0.15) is 5.69 Å². The van der Waals surface area contributed by atoms with E-state index in [0.29, 0.717) is 5.69 Å². The monoisotopic (exact) mass is 124 g/mol. The second-order valence-electron chi connectivity index (χ2n) is 1.63. The maximum Gasteiger partial charge on any atom is 0.270 e. The van der Waals surface area contributed by atoms with Crippen LogP contribution in [-0.2, 0) is 11.7 Å². The molecule has 0 amide bonds. The number of rotatable bonds is 1. The molecule has 0 spiro atoms. The zero-order valence-electron chi connectivity index (χ0n) is 4.74. The summed E-state index contributed by atoms with van der Waals surface area (Å²) in [5, 5.41) is 18.9. The van der Waals surface area contributed by atoms with E-state index in [1.165, 1.54) is 6.07 Å². The van der Waals surface area contributed by atoms with Gasteiger partial charge in [0.1, 0.15) is 0 Å². The minimum Gasteiger partial charge on any atom is -0.390 e. The normalized spacial score (nSPS) is 9.44. The van der Waals surface area contributed by atoms with Crippen LogP contribution >= 0.6 is 0 Å². The number of aliphatic hydroxyl groups excluding tert-OH is 1. The highest BCUT2D eigenvalue weighted by molar-refractivity contribution is 5.13. The second-order valence-corrected chi connectivity index (χ2v) is 1.63. The zero-order chi connectivity index (χ0) is 6.69. The van der Waals surface area contributed by atoms with Crippen LogP contribution in [0.25, 0.3) is 0 Å². The topological polar surface area (TPSA) is 53.0 Å². The van der Waals surface area contributed by atoms with Crippen molar-refractivity contribution in [3.8, 4) is 5.88 Å². The molecule has 9 heavy (non-hydrogen) atoms. The fourth-order valence-corrected chi connectivity index (χ4v) is 0.546. The number of hydrogen-bond donors (Lipinski definition) is 1. The van der Waals surface area contributed by atoms with Gasteiger partial charge in [0, 0.05) is 6.07 Å². The Morgan fingerprint density at radius 2 is 2.33 bits per heavy atom. The summed E-state index contributed by atoms with van der Waals surface area (Å²) >= 11 is 0. The summed E-state index contributed by atoms with van der Waals surface area (Å²) in [7, 11) is 0. The van der Waals surface area contributed by atoms with Gasteiger partial charge in [-0.1, -0.05) is 6.07 Å². The molecule has 0 aliphatic carbocycles. The van der Waals surface area contributed by atoms with Crippen molar-refractivity contribution >= 4 is 0 Å². The molecule has 1 heterocycles. The smallest absolute Gasteiger partial charge is 0.270 e. The highest BCUT2D eigenvalue weighted by Crippen LogP contribution is 2.04. The molecule has 0 saturated carbocycles. The van der Waals surface area contributed by atoms with Gasteiger partial charge < -0.3 is 5.11 Å². The van der Waals surface area contributed by atoms with E-state index >= 15 is 0 Å². The summed E-state index contributed by atoms with van der Waals surface area (Å²) < 4.78 is 0. The Kier molecular flexibility index (Phi) is 1.65. The second kappa shape index (κ2) is 2.46. The molecule has 0 bridgehead atoms. The first-order valence-corrected chi connectivity index (χ1v) is 2.57. The molecule has 47 valence electrons. The average molecular weight is 124 g/mol. The standard InChI is InChI=1S/C6H6NO2/c8-4-5-2-1-3-6(9)7-5/h1-3,8H,4H2. The largest absolute Gasteiger partial charge is 0.390 e. The number of pyridine rings is 1. The van der Waals surface area contributed by atoms with Crippen molar-refractivity contribution in [3.05, 3.63) is 23.9 Å². The van der Waals surface area contributed by atoms with Gasteiger partial charge in [0.05, 0.1) is 12.3 Å². The van der Waals surface area contributed by atoms with E-state index in [-0.39, 0.29) is 12.5 Å². The fourth-order valence-electron chi connectivity index (χ4n) is 0.546. The third kappa shape index (κ3) is 1.40. The zero-order valence-corrected chi connectivity index (χ0v) is 4.74. The molecule has 0 unspecified atom stereocenters. The first-order valence-electron chi connectivity index (χ1n) is 2.57. The van der Waals surface area contributed by atoms with Gasteiger partial charge in [-0.05, 0) is 6.07 Å². The van der Waals surface area contributed by atoms with Crippen molar-refractivity contribution in [2.75, 3.05) is 0 Å². The molecule has 0 aromatic carbocycles. The lowest BCUT2D eigenvalue weighted by molar-refractivity contribution is 0.271. The van der Waals surface area contributed by atoms with E-state index in [0.717, 1.165) is 0 Å². The molecule has 0 fully saturated rings. The third-order valence-corrected chi connectivity index (χ3v) is 0.943. The Morgan fingerprint density at radius 1 is 1.56 bits per heavy atom. The SMILES string of the molecule is [O]c1cccc(CO)n1. The summed E-state index contributed by atoms with van der Waals surface area (Å²) in [5.74, 6) is -0.304. The van der Waals surface area contributed by atoms with Gasteiger partial charge in [-0.15, -0.1) is 0 Å². The molecule has 0 aliphatic heterocycles. The van der Waals surface area contributed by atoms with Gasteiger partial charge in [0.15, 0.2) is 0 Å². The van der Waals surface area contributed by atoms with Gasteiger partial charge in [-0.2, -0.15) is 0 Å². The molecule has 3 nitrogen and oxygen atoms in total. The lowest BCUT2D eigenvalue weighted by Gasteiger charge is -1.90. The van der Waals surface area contributed by atoms with Crippen molar-refractivity contribution in [1.29, 1.82) is 0 Å². The predicted octanol–water partition coefficient (Wildman–Crippen LogP) is 0.718. The van der Waals surface area contributed by atoms with Gasteiger partial charge in [-0.25, -0.2) is 4.98 Å². The Morgan fingerprint density at radius 3 is 2.78 bits per heavy atom. The molecule has 1 aromatic heterocycles. The van der Waals surface area contributed by atoms with Crippen LogP contribution in [0.3, 0.4) is 0 Å². The Hall–Kier alpha value is -1.09. The third-order valence-electron chi connectivity index (χ3n) is 0.943. The van der Waals surface area contributed by atoms with Gasteiger partial charge in [0.25, 0.3) is 5.88 Å². The molecule has 0 saturated heterocycles. The molecule has 0 atom stereocenters. The Bertz CT molecular complexity index is 200. The Balaban J connectivity index is 2.94. The maximum absolute atomic E-state index is 10.4. The number of nitrogens with zero attached hydrogens (tertiary/aromatic N) is 1. The molecule has 3 heteroatoms. The summed E-state index contributed by atoms with van der Waals surface area (Å²) in [6.45, 7) is -0.171. The van der Waals surface area contributed by atoms with Crippen LogP contribution in [0.4, 0.5) is 0 Å². The molecule has 1 rings (SSSR count). The minimum absolute atomic E-state index is 0.171. The van der Waals surface area contributed by atoms with Gasteiger partial charge >= 0.3 is 0 Å². The average Bonchev–Trinajstić information content (AvgIpc) is 1.88. The van der Waals surface area contributed by atoms with E-state index in [1.807, 2.05) is 0 Å². The van der Waals surface area contributed by atoms with Crippen molar-refractivity contribution < 1.29 is 10.2 Å². The molecule has 1 radical (unpaired) electrons. The maximum atomic E-state index is 10.4. The first-order chi connectivity index (χ1) is 4.33. The fraction of sp³-hybridized carbons (Fsp3) is 0.167. The number of aliphatic hydroxyl groups is 1. The number of hydrogen-bond acceptors (Lipinski definition) is 2. The van der Waals surface area contributed by atoms with Crippen LogP contribution in [0.2, 0.25) is 0 Å². The van der Waals surface area contributed by atoms with Crippen LogP contribution in [0.15, 0.2) is 18.2 Å². The van der Waals surface area contributed by atoms with Crippen LogP contribution in [0.5, 0.6) is 5.88 Å². The molecule has 1 aromatic rings. The summed E-state index contributed by atoms with van der Waals surface area (Å²) in [6.07, 6.45) is 0. The number of aromatic nitrogens is 1. The van der Waals surface area contributed by atoms with E-state index in [2.05, 4.69) is 4.98 Å². The van der Waals surface area contributed by atoms with Crippen LogP contribution in [-0.4, -0.2) is 10.1 Å².